The van der Waals surface area contributed by atoms with E-state index >= 15 is 0 Å². The molecule has 0 fully saturated rings. The molecule has 0 bridgehead atoms. The van der Waals surface area contributed by atoms with Crippen LogP contribution < -0.4 is 0 Å². The first kappa shape index (κ1) is 15.8. The Morgan fingerprint density at radius 2 is 1.40 bits per heavy atom. The molecule has 1 nitrogen and oxygen atoms in total. The summed E-state index contributed by atoms with van der Waals surface area (Å²) in [6, 6.07) is 0. The first-order chi connectivity index (χ1) is 7.24. The van der Waals surface area contributed by atoms with Gasteiger partial charge in [0.25, 0.3) is 0 Å². The van der Waals surface area contributed by atoms with Crippen molar-refractivity contribution in [2.24, 2.45) is 0 Å². The van der Waals surface area contributed by atoms with Crippen LogP contribution in [0.25, 0.3) is 0 Å². The van der Waals surface area contributed by atoms with E-state index in [0.717, 1.165) is 6.61 Å². The normalized spacial score (nSPS) is 12.0. The van der Waals surface area contributed by atoms with Crippen LogP contribution in [0.15, 0.2) is 0 Å². The van der Waals surface area contributed by atoms with Gasteiger partial charge in [0.05, 0.1) is 0 Å². The quantitative estimate of drug-likeness (QED) is 0.407. The average Bonchev–Trinajstić information content (AvgIpc) is 2.29. The summed E-state index contributed by atoms with van der Waals surface area (Å²) >= 11 is -2.08. The first-order valence-corrected chi connectivity index (χ1v) is 14.1. The molecule has 0 aliphatic heterocycles. The fourth-order valence-corrected chi connectivity index (χ4v) is 11.5. The zero-order valence-corrected chi connectivity index (χ0v) is 14.1. The van der Waals surface area contributed by atoms with E-state index in [9.17, 15) is 0 Å². The van der Waals surface area contributed by atoms with Crippen LogP contribution in [0.2, 0.25) is 13.3 Å². The fraction of sp³-hybridized carbons (Fsp3) is 1.00. The monoisotopic (exact) mass is 322 g/mol. The van der Waals surface area contributed by atoms with Gasteiger partial charge in [0.2, 0.25) is 0 Å². The zero-order valence-electron chi connectivity index (χ0n) is 11.3. The van der Waals surface area contributed by atoms with Gasteiger partial charge in [-0.25, -0.2) is 0 Å². The molecule has 0 heterocycles. The molecule has 0 aromatic rings. The Bertz CT molecular complexity index is 132. The summed E-state index contributed by atoms with van der Waals surface area (Å²) in [5, 5.41) is 0. The maximum atomic E-state index is 6.34. The molecule has 0 saturated carbocycles. The van der Waals surface area contributed by atoms with Gasteiger partial charge in [-0.15, -0.1) is 0 Å². The molecule has 0 spiro atoms. The van der Waals surface area contributed by atoms with E-state index in [-0.39, 0.29) is 0 Å². The third kappa shape index (κ3) is 6.83. The SMILES string of the molecule is CCCCC[O][Sn]([CH2]C)([CH2]C)[CH2]CCC. The molecular formula is C13H30OSn. The molecule has 15 heavy (non-hydrogen) atoms. The van der Waals surface area contributed by atoms with Crippen LogP contribution in [0.5, 0.6) is 0 Å². The molecule has 0 unspecified atom stereocenters. The molecule has 0 aliphatic rings. The van der Waals surface area contributed by atoms with Crippen LogP contribution in [-0.2, 0) is 3.07 Å². The number of unbranched alkanes of at least 4 members (excludes halogenated alkanes) is 3. The van der Waals surface area contributed by atoms with E-state index in [1.165, 1.54) is 45.4 Å². The van der Waals surface area contributed by atoms with Crippen molar-refractivity contribution in [3.8, 4) is 0 Å². The van der Waals surface area contributed by atoms with E-state index in [2.05, 4.69) is 27.7 Å². The summed E-state index contributed by atoms with van der Waals surface area (Å²) in [5.41, 5.74) is 0. The Hall–Kier alpha value is 0.759. The van der Waals surface area contributed by atoms with Crippen LogP contribution in [0.4, 0.5) is 0 Å². The van der Waals surface area contributed by atoms with E-state index in [0.29, 0.717) is 0 Å². The Morgan fingerprint density at radius 3 is 1.87 bits per heavy atom. The molecule has 92 valence electrons. The van der Waals surface area contributed by atoms with E-state index in [4.69, 9.17) is 3.07 Å². The molecule has 0 amide bonds. The van der Waals surface area contributed by atoms with Crippen LogP contribution >= 0.6 is 0 Å². The van der Waals surface area contributed by atoms with Crippen molar-refractivity contribution in [1.82, 2.24) is 0 Å². The summed E-state index contributed by atoms with van der Waals surface area (Å²) in [4.78, 5) is 0. The Labute approximate surface area is 101 Å². The number of hydrogen-bond donors (Lipinski definition) is 0. The van der Waals surface area contributed by atoms with E-state index < -0.39 is 18.8 Å². The van der Waals surface area contributed by atoms with Gasteiger partial charge in [-0.05, 0) is 0 Å². The zero-order chi connectivity index (χ0) is 11.6. The van der Waals surface area contributed by atoms with Gasteiger partial charge in [-0.3, -0.25) is 0 Å². The Balaban J connectivity index is 3.88. The van der Waals surface area contributed by atoms with Crippen molar-refractivity contribution in [1.29, 1.82) is 0 Å². The Morgan fingerprint density at radius 1 is 0.800 bits per heavy atom. The van der Waals surface area contributed by atoms with E-state index in [1.807, 2.05) is 0 Å². The predicted molar refractivity (Wildman–Crippen MR) is 71.9 cm³/mol. The third-order valence-electron chi connectivity index (χ3n) is 3.43. The minimum absolute atomic E-state index is 1.05. The van der Waals surface area contributed by atoms with Crippen molar-refractivity contribution in [2.75, 3.05) is 6.61 Å². The fourth-order valence-electron chi connectivity index (χ4n) is 2.02. The molecule has 0 N–H and O–H groups in total. The van der Waals surface area contributed by atoms with Gasteiger partial charge in [0.1, 0.15) is 0 Å². The van der Waals surface area contributed by atoms with Crippen molar-refractivity contribution in [3.05, 3.63) is 0 Å². The van der Waals surface area contributed by atoms with Crippen molar-refractivity contribution >= 4 is 18.8 Å². The second-order valence-electron chi connectivity index (χ2n) is 4.55. The van der Waals surface area contributed by atoms with Gasteiger partial charge >= 0.3 is 102 Å². The van der Waals surface area contributed by atoms with Gasteiger partial charge in [-0.1, -0.05) is 0 Å². The molecule has 0 aromatic carbocycles. The van der Waals surface area contributed by atoms with Gasteiger partial charge < -0.3 is 0 Å². The second kappa shape index (κ2) is 9.95. The predicted octanol–water partition coefficient (Wildman–Crippen LogP) is 4.98. The van der Waals surface area contributed by atoms with Crippen LogP contribution in [-0.4, -0.2) is 25.4 Å². The molecule has 0 saturated heterocycles. The molecule has 0 atom stereocenters. The number of rotatable bonds is 10. The second-order valence-corrected chi connectivity index (χ2v) is 17.6. The minimum atomic E-state index is -2.08. The first-order valence-electron chi connectivity index (χ1n) is 6.88. The summed E-state index contributed by atoms with van der Waals surface area (Å²) in [7, 11) is 0. The van der Waals surface area contributed by atoms with Crippen LogP contribution in [0.3, 0.4) is 0 Å². The van der Waals surface area contributed by atoms with Gasteiger partial charge in [-0.2, -0.15) is 0 Å². The molecule has 0 aliphatic carbocycles. The molecule has 0 rings (SSSR count). The molecular weight excluding hydrogens is 291 g/mol. The standard InChI is InChI=1S/C5H11O.C4H9.2C2H5.Sn/c1-2-3-4-5-6;1-3-4-2;2*1-2;/h2-5H2,1H3;1,3-4H2,2H3;2*1H2,2H3;/q-1;;;;+1. The maximum absolute atomic E-state index is 6.34. The topological polar surface area (TPSA) is 9.23 Å². The van der Waals surface area contributed by atoms with Gasteiger partial charge in [0, 0.05) is 0 Å². The van der Waals surface area contributed by atoms with Crippen molar-refractivity contribution in [2.45, 2.75) is 73.1 Å². The molecule has 0 aromatic heterocycles. The van der Waals surface area contributed by atoms with Crippen LogP contribution in [0, 0.1) is 0 Å². The summed E-state index contributed by atoms with van der Waals surface area (Å²) in [6.07, 6.45) is 6.64. The van der Waals surface area contributed by atoms with Gasteiger partial charge in [0.15, 0.2) is 0 Å². The number of hydrogen-bond acceptors (Lipinski definition) is 1. The third-order valence-corrected chi connectivity index (χ3v) is 16.7. The summed E-state index contributed by atoms with van der Waals surface area (Å²) in [5.74, 6) is 0. The van der Waals surface area contributed by atoms with Crippen LogP contribution in [0.1, 0.15) is 59.8 Å². The summed E-state index contributed by atoms with van der Waals surface area (Å²) < 4.78 is 10.5. The van der Waals surface area contributed by atoms with Crippen molar-refractivity contribution in [3.63, 3.8) is 0 Å². The molecule has 2 heteroatoms. The van der Waals surface area contributed by atoms with E-state index in [1.54, 1.807) is 0 Å². The molecule has 0 radical (unpaired) electrons. The van der Waals surface area contributed by atoms with Crippen molar-refractivity contribution < 1.29 is 3.07 Å². The Kier molecular flexibility index (Phi) is 10.5. The summed E-state index contributed by atoms with van der Waals surface area (Å²) in [6.45, 7) is 10.3. The average molecular weight is 321 g/mol.